The summed E-state index contributed by atoms with van der Waals surface area (Å²) in [6.45, 7) is 6.04. The largest absolute Gasteiger partial charge is 0.371 e. The molecule has 1 aliphatic rings. The minimum absolute atomic E-state index is 0.0156. The number of alkyl halides is 1. The third-order valence-electron chi connectivity index (χ3n) is 2.10. The highest BCUT2D eigenvalue weighted by Crippen LogP contribution is 2.26. The Bertz CT molecular complexity index is 120. The van der Waals surface area contributed by atoms with Gasteiger partial charge in [0.25, 0.3) is 0 Å². The van der Waals surface area contributed by atoms with Crippen LogP contribution in [-0.2, 0) is 4.74 Å². The number of ether oxygens (including phenoxy) is 1. The smallest absolute Gasteiger partial charge is 0.0922 e. The quantitative estimate of drug-likeness (QED) is 0.520. The fourth-order valence-electron chi connectivity index (χ4n) is 1.04. The summed E-state index contributed by atoms with van der Waals surface area (Å²) >= 11 is 3.53. The minimum atomic E-state index is -0.0156. The molecule has 0 aliphatic carbocycles. The van der Waals surface area contributed by atoms with E-state index >= 15 is 0 Å². The molecule has 1 heterocycles. The Labute approximate surface area is 70.5 Å². The molecule has 3 heteroatoms. The summed E-state index contributed by atoms with van der Waals surface area (Å²) in [5.74, 6) is 0. The summed E-state index contributed by atoms with van der Waals surface area (Å²) in [6, 6.07) is 0. The van der Waals surface area contributed by atoms with E-state index in [4.69, 9.17) is 4.74 Å². The fraction of sp³-hybridized carbons (Fsp3) is 1.00. The predicted molar refractivity (Wildman–Crippen MR) is 45.4 cm³/mol. The molecule has 2 nitrogen and oxygen atoms in total. The Kier molecular flexibility index (Phi) is 2.72. The van der Waals surface area contributed by atoms with Crippen LogP contribution in [0.4, 0.5) is 0 Å². The molecule has 0 saturated carbocycles. The lowest BCUT2D eigenvalue weighted by atomic mass is 10.0. The van der Waals surface area contributed by atoms with E-state index in [0.29, 0.717) is 4.95 Å². The van der Waals surface area contributed by atoms with Crippen molar-refractivity contribution in [3.63, 3.8) is 0 Å². The highest BCUT2D eigenvalue weighted by atomic mass is 79.9. The van der Waals surface area contributed by atoms with Crippen molar-refractivity contribution in [2.24, 2.45) is 0 Å². The van der Waals surface area contributed by atoms with Crippen LogP contribution in [0.2, 0.25) is 0 Å². The Balaban J connectivity index is 2.54. The summed E-state index contributed by atoms with van der Waals surface area (Å²) < 4.78 is 5.62. The van der Waals surface area contributed by atoms with E-state index < -0.39 is 0 Å². The average Bonchev–Trinajstić information content (AvgIpc) is 1.96. The van der Waals surface area contributed by atoms with Crippen molar-refractivity contribution in [2.75, 3.05) is 13.2 Å². The van der Waals surface area contributed by atoms with Crippen molar-refractivity contribution < 1.29 is 4.74 Å². The minimum Gasteiger partial charge on any atom is -0.371 e. The summed E-state index contributed by atoms with van der Waals surface area (Å²) in [5, 5.41) is 3.32. The zero-order valence-corrected chi connectivity index (χ0v) is 8.07. The van der Waals surface area contributed by atoms with Crippen LogP contribution in [0.3, 0.4) is 0 Å². The van der Waals surface area contributed by atoms with Crippen molar-refractivity contribution >= 4 is 15.9 Å². The predicted octanol–water partition coefficient (Wildman–Crippen LogP) is 1.50. The molecule has 1 saturated heterocycles. The maximum atomic E-state index is 5.62. The fourth-order valence-corrected chi connectivity index (χ4v) is 1.72. The molecule has 0 aromatic rings. The number of halogens is 1. The van der Waals surface area contributed by atoms with Gasteiger partial charge in [0, 0.05) is 6.54 Å². The maximum Gasteiger partial charge on any atom is 0.0922 e. The molecule has 0 spiro atoms. The van der Waals surface area contributed by atoms with Crippen LogP contribution >= 0.6 is 15.9 Å². The summed E-state index contributed by atoms with van der Waals surface area (Å²) in [4.78, 5) is 0.304. The Hall–Kier alpha value is 0.400. The van der Waals surface area contributed by atoms with Gasteiger partial charge in [0.1, 0.15) is 0 Å². The first-order valence-electron chi connectivity index (χ1n) is 3.70. The van der Waals surface area contributed by atoms with Crippen molar-refractivity contribution in [3.8, 4) is 0 Å². The van der Waals surface area contributed by atoms with E-state index in [0.717, 1.165) is 19.6 Å². The van der Waals surface area contributed by atoms with Crippen LogP contribution in [0.5, 0.6) is 0 Å². The number of nitrogens with one attached hydrogen (secondary N) is 1. The van der Waals surface area contributed by atoms with Crippen molar-refractivity contribution in [2.45, 2.75) is 30.8 Å². The van der Waals surface area contributed by atoms with Gasteiger partial charge in [-0.25, -0.2) is 0 Å². The van der Waals surface area contributed by atoms with Gasteiger partial charge in [-0.1, -0.05) is 22.9 Å². The number of hydrogen-bond acceptors (Lipinski definition) is 2. The van der Waals surface area contributed by atoms with Crippen molar-refractivity contribution in [3.05, 3.63) is 0 Å². The van der Waals surface area contributed by atoms with E-state index in [2.05, 4.69) is 35.1 Å². The van der Waals surface area contributed by atoms with Gasteiger partial charge in [-0.05, 0) is 13.3 Å². The summed E-state index contributed by atoms with van der Waals surface area (Å²) in [7, 11) is 0. The Morgan fingerprint density at radius 2 is 2.50 bits per heavy atom. The maximum absolute atomic E-state index is 5.62. The molecule has 2 atom stereocenters. The van der Waals surface area contributed by atoms with E-state index in [-0.39, 0.29) is 5.60 Å². The van der Waals surface area contributed by atoms with Crippen molar-refractivity contribution in [1.82, 2.24) is 5.32 Å². The Morgan fingerprint density at radius 3 is 2.90 bits per heavy atom. The second-order valence-electron chi connectivity index (χ2n) is 2.83. The molecule has 60 valence electrons. The molecule has 1 rings (SSSR count). The highest BCUT2D eigenvalue weighted by molar-refractivity contribution is 9.09. The molecule has 2 unspecified atom stereocenters. The molecule has 0 aromatic heterocycles. The van der Waals surface area contributed by atoms with Gasteiger partial charge in [-0.15, -0.1) is 0 Å². The molecule has 10 heavy (non-hydrogen) atoms. The molecule has 0 bridgehead atoms. The van der Waals surface area contributed by atoms with Crippen LogP contribution < -0.4 is 5.32 Å². The lowest BCUT2D eigenvalue weighted by molar-refractivity contribution is -0.0622. The van der Waals surface area contributed by atoms with E-state index in [1.807, 2.05) is 0 Å². The normalized spacial score (nSPS) is 41.7. The third-order valence-corrected chi connectivity index (χ3v) is 3.39. The van der Waals surface area contributed by atoms with Gasteiger partial charge >= 0.3 is 0 Å². The molecular weight excluding hydrogens is 194 g/mol. The summed E-state index contributed by atoms with van der Waals surface area (Å²) in [5.41, 5.74) is -0.0156. The third kappa shape index (κ3) is 1.52. The van der Waals surface area contributed by atoms with Gasteiger partial charge in [0.2, 0.25) is 0 Å². The number of morpholine rings is 1. The zero-order valence-electron chi connectivity index (χ0n) is 6.48. The van der Waals surface area contributed by atoms with Gasteiger partial charge in [0.05, 0.1) is 17.2 Å². The van der Waals surface area contributed by atoms with E-state index in [1.54, 1.807) is 0 Å². The molecule has 0 aromatic carbocycles. The standard InChI is InChI=1S/C7H14BrNO/c1-3-7(2)6(8)9-4-5-10-7/h6,9H,3-5H2,1-2H3. The zero-order chi connectivity index (χ0) is 7.61. The SMILES string of the molecule is CCC1(C)OCCNC1Br. The van der Waals surface area contributed by atoms with Gasteiger partial charge in [0.15, 0.2) is 0 Å². The van der Waals surface area contributed by atoms with Crippen LogP contribution in [0, 0.1) is 0 Å². The second-order valence-corrected chi connectivity index (χ2v) is 3.75. The molecule has 0 radical (unpaired) electrons. The van der Waals surface area contributed by atoms with Crippen LogP contribution in [0.25, 0.3) is 0 Å². The van der Waals surface area contributed by atoms with E-state index in [9.17, 15) is 0 Å². The lowest BCUT2D eigenvalue weighted by Gasteiger charge is -2.38. The second kappa shape index (κ2) is 3.20. The first-order valence-corrected chi connectivity index (χ1v) is 4.62. The van der Waals surface area contributed by atoms with Crippen LogP contribution in [-0.4, -0.2) is 23.7 Å². The lowest BCUT2D eigenvalue weighted by Crippen LogP contribution is -2.52. The van der Waals surface area contributed by atoms with Crippen LogP contribution in [0.15, 0.2) is 0 Å². The molecule has 0 amide bonds. The first kappa shape index (κ1) is 8.50. The number of rotatable bonds is 1. The monoisotopic (exact) mass is 207 g/mol. The molecular formula is C7H14BrNO. The van der Waals surface area contributed by atoms with Gasteiger partial charge in [-0.3, -0.25) is 0 Å². The first-order chi connectivity index (χ1) is 4.69. The molecule has 1 fully saturated rings. The van der Waals surface area contributed by atoms with Gasteiger partial charge < -0.3 is 10.1 Å². The highest BCUT2D eigenvalue weighted by Gasteiger charge is 2.33. The average molecular weight is 208 g/mol. The summed E-state index contributed by atoms with van der Waals surface area (Å²) in [6.07, 6.45) is 1.04. The van der Waals surface area contributed by atoms with Crippen molar-refractivity contribution in [1.29, 1.82) is 0 Å². The molecule has 1 N–H and O–H groups in total. The molecule has 1 aliphatic heterocycles. The van der Waals surface area contributed by atoms with Crippen LogP contribution in [0.1, 0.15) is 20.3 Å². The van der Waals surface area contributed by atoms with Gasteiger partial charge in [-0.2, -0.15) is 0 Å². The Morgan fingerprint density at radius 1 is 1.80 bits per heavy atom. The number of hydrogen-bond donors (Lipinski definition) is 1. The van der Waals surface area contributed by atoms with E-state index in [1.165, 1.54) is 0 Å². The topological polar surface area (TPSA) is 21.3 Å².